The molecule has 0 amide bonds. The number of nitrogens with zero attached hydrogens (tertiary/aromatic N) is 1. The average molecular weight is 236 g/mol. The van der Waals surface area contributed by atoms with E-state index in [9.17, 15) is 10.1 Å². The second-order valence-corrected chi connectivity index (χ2v) is 4.40. The maximum atomic E-state index is 10.9. The number of ether oxygens (including phenoxy) is 1. The molecule has 2 rings (SSSR count). The molecule has 1 saturated heterocycles. The van der Waals surface area contributed by atoms with Gasteiger partial charge in [-0.25, -0.2) is 0 Å². The minimum absolute atomic E-state index is 0.0518. The Kier molecular flexibility index (Phi) is 3.58. The number of benzene rings is 1. The van der Waals surface area contributed by atoms with Gasteiger partial charge < -0.3 is 10.1 Å². The molecule has 1 aromatic rings. The molecule has 1 atom stereocenters. The first-order valence-electron chi connectivity index (χ1n) is 5.75. The zero-order valence-corrected chi connectivity index (χ0v) is 9.81. The predicted molar refractivity (Wildman–Crippen MR) is 64.3 cm³/mol. The zero-order valence-electron chi connectivity index (χ0n) is 9.81. The van der Waals surface area contributed by atoms with Crippen LogP contribution in [0.4, 0.5) is 5.69 Å². The summed E-state index contributed by atoms with van der Waals surface area (Å²) < 4.78 is 5.56. The number of nitro groups is 1. The smallest absolute Gasteiger partial charge is 0.311 e. The van der Waals surface area contributed by atoms with Crippen LogP contribution in [-0.2, 0) is 0 Å². The van der Waals surface area contributed by atoms with Crippen molar-refractivity contribution in [2.75, 3.05) is 19.7 Å². The Morgan fingerprint density at radius 2 is 2.41 bits per heavy atom. The van der Waals surface area contributed by atoms with Crippen molar-refractivity contribution in [3.8, 4) is 5.75 Å². The average Bonchev–Trinajstić information content (AvgIpc) is 2.80. The van der Waals surface area contributed by atoms with Crippen LogP contribution in [0.2, 0.25) is 0 Å². The summed E-state index contributed by atoms with van der Waals surface area (Å²) in [7, 11) is 0. The summed E-state index contributed by atoms with van der Waals surface area (Å²) in [5, 5.41) is 14.1. The van der Waals surface area contributed by atoms with Gasteiger partial charge in [0.15, 0.2) is 5.75 Å². The minimum atomic E-state index is -0.394. The summed E-state index contributed by atoms with van der Waals surface area (Å²) in [6.45, 7) is 4.30. The molecule has 5 heteroatoms. The summed E-state index contributed by atoms with van der Waals surface area (Å²) in [5.74, 6) is 0.823. The first-order chi connectivity index (χ1) is 8.16. The molecule has 0 spiro atoms. The first-order valence-corrected chi connectivity index (χ1v) is 5.75. The van der Waals surface area contributed by atoms with Gasteiger partial charge in [-0.2, -0.15) is 0 Å². The van der Waals surface area contributed by atoms with Crippen LogP contribution < -0.4 is 10.1 Å². The lowest BCUT2D eigenvalue weighted by Gasteiger charge is -2.11. The van der Waals surface area contributed by atoms with Crippen LogP contribution in [0.3, 0.4) is 0 Å². The van der Waals surface area contributed by atoms with Gasteiger partial charge in [0.1, 0.15) is 0 Å². The van der Waals surface area contributed by atoms with E-state index in [1.807, 2.05) is 13.0 Å². The normalized spacial score (nSPS) is 19.2. The van der Waals surface area contributed by atoms with E-state index in [4.69, 9.17) is 4.74 Å². The molecule has 5 nitrogen and oxygen atoms in total. The molecule has 0 radical (unpaired) electrons. The molecule has 1 fully saturated rings. The van der Waals surface area contributed by atoms with E-state index >= 15 is 0 Å². The Hall–Kier alpha value is -1.62. The van der Waals surface area contributed by atoms with Gasteiger partial charge in [-0.1, -0.05) is 6.07 Å². The summed E-state index contributed by atoms with van der Waals surface area (Å²) in [6, 6.07) is 5.05. The highest BCUT2D eigenvalue weighted by Gasteiger charge is 2.19. The van der Waals surface area contributed by atoms with Crippen LogP contribution >= 0.6 is 0 Å². The van der Waals surface area contributed by atoms with Crippen molar-refractivity contribution in [1.82, 2.24) is 5.32 Å². The molecule has 0 aromatic heterocycles. The van der Waals surface area contributed by atoms with Gasteiger partial charge in [0, 0.05) is 18.5 Å². The Morgan fingerprint density at radius 1 is 1.59 bits per heavy atom. The van der Waals surface area contributed by atoms with Gasteiger partial charge in [0.25, 0.3) is 0 Å². The van der Waals surface area contributed by atoms with Gasteiger partial charge in [0.2, 0.25) is 0 Å². The largest absolute Gasteiger partial charge is 0.486 e. The molecule has 0 bridgehead atoms. The van der Waals surface area contributed by atoms with Crippen molar-refractivity contribution in [3.05, 3.63) is 33.9 Å². The molecular formula is C12H16N2O3. The third kappa shape index (κ3) is 2.94. The zero-order chi connectivity index (χ0) is 12.3. The summed E-state index contributed by atoms with van der Waals surface area (Å²) >= 11 is 0. The molecule has 0 saturated carbocycles. The second kappa shape index (κ2) is 5.14. The Bertz CT molecular complexity index is 414. The lowest BCUT2D eigenvalue weighted by atomic mass is 10.1. The van der Waals surface area contributed by atoms with Crippen LogP contribution in [0, 0.1) is 23.0 Å². The molecule has 1 aliphatic heterocycles. The topological polar surface area (TPSA) is 64.4 Å². The lowest BCUT2D eigenvalue weighted by molar-refractivity contribution is -0.385. The number of nitrogens with one attached hydrogen (secondary N) is 1. The monoisotopic (exact) mass is 236 g/mol. The van der Waals surface area contributed by atoms with Crippen molar-refractivity contribution in [2.45, 2.75) is 13.3 Å². The van der Waals surface area contributed by atoms with Crippen LogP contribution in [-0.4, -0.2) is 24.6 Å². The third-order valence-electron chi connectivity index (χ3n) is 2.95. The van der Waals surface area contributed by atoms with Crippen molar-refractivity contribution in [3.63, 3.8) is 0 Å². The van der Waals surface area contributed by atoms with E-state index in [-0.39, 0.29) is 5.69 Å². The van der Waals surface area contributed by atoms with Crippen molar-refractivity contribution >= 4 is 5.69 Å². The van der Waals surface area contributed by atoms with Gasteiger partial charge in [0.05, 0.1) is 11.5 Å². The fourth-order valence-corrected chi connectivity index (χ4v) is 1.96. The molecule has 0 aliphatic carbocycles. The van der Waals surface area contributed by atoms with E-state index in [1.54, 1.807) is 12.1 Å². The van der Waals surface area contributed by atoms with E-state index < -0.39 is 4.92 Å². The maximum Gasteiger partial charge on any atom is 0.311 e. The molecule has 92 valence electrons. The first kappa shape index (κ1) is 11.9. The number of nitro benzene ring substituents is 1. The fourth-order valence-electron chi connectivity index (χ4n) is 1.96. The molecule has 1 heterocycles. The van der Waals surface area contributed by atoms with Gasteiger partial charge in [-0.15, -0.1) is 0 Å². The lowest BCUT2D eigenvalue weighted by Crippen LogP contribution is -2.15. The maximum absolute atomic E-state index is 10.9. The molecule has 1 aromatic carbocycles. The van der Waals surface area contributed by atoms with E-state index in [1.165, 1.54) is 0 Å². The summed E-state index contributed by atoms with van der Waals surface area (Å²) in [6.07, 6.45) is 1.07. The SMILES string of the molecule is Cc1ccc(OCC2CCNC2)c([N+](=O)[O-])c1. The van der Waals surface area contributed by atoms with Crippen LogP contribution in [0.1, 0.15) is 12.0 Å². The molecule has 17 heavy (non-hydrogen) atoms. The standard InChI is InChI=1S/C12H16N2O3/c1-9-2-3-12(11(6-9)14(15)16)17-8-10-4-5-13-7-10/h2-3,6,10,13H,4-5,7-8H2,1H3. The van der Waals surface area contributed by atoms with Crippen molar-refractivity contribution in [1.29, 1.82) is 0 Å². The highest BCUT2D eigenvalue weighted by atomic mass is 16.6. The molecule has 1 unspecified atom stereocenters. The van der Waals surface area contributed by atoms with Gasteiger partial charge in [-0.3, -0.25) is 10.1 Å². The number of aryl methyl sites for hydroxylation is 1. The second-order valence-electron chi connectivity index (χ2n) is 4.40. The Labute approximate surface area is 99.9 Å². The van der Waals surface area contributed by atoms with Gasteiger partial charge in [-0.05, 0) is 31.5 Å². The molecule has 1 N–H and O–H groups in total. The van der Waals surface area contributed by atoms with E-state index in [0.29, 0.717) is 18.3 Å². The fraction of sp³-hybridized carbons (Fsp3) is 0.500. The molecular weight excluding hydrogens is 220 g/mol. The Balaban J connectivity index is 2.06. The highest BCUT2D eigenvalue weighted by Crippen LogP contribution is 2.28. The quantitative estimate of drug-likeness (QED) is 0.640. The summed E-state index contributed by atoms with van der Waals surface area (Å²) in [5.41, 5.74) is 0.919. The van der Waals surface area contributed by atoms with Crippen molar-refractivity contribution in [2.24, 2.45) is 5.92 Å². The molecule has 1 aliphatic rings. The van der Waals surface area contributed by atoms with E-state index in [2.05, 4.69) is 5.32 Å². The minimum Gasteiger partial charge on any atom is -0.486 e. The Morgan fingerprint density at radius 3 is 3.06 bits per heavy atom. The van der Waals surface area contributed by atoms with Gasteiger partial charge >= 0.3 is 5.69 Å². The number of rotatable bonds is 4. The van der Waals surface area contributed by atoms with Crippen LogP contribution in [0.15, 0.2) is 18.2 Å². The van der Waals surface area contributed by atoms with E-state index in [0.717, 1.165) is 25.1 Å². The predicted octanol–water partition coefficient (Wildman–Crippen LogP) is 1.89. The number of hydrogen-bond donors (Lipinski definition) is 1. The van der Waals surface area contributed by atoms with Crippen LogP contribution in [0.5, 0.6) is 5.75 Å². The highest BCUT2D eigenvalue weighted by molar-refractivity contribution is 5.48. The van der Waals surface area contributed by atoms with Crippen molar-refractivity contribution < 1.29 is 9.66 Å². The third-order valence-corrected chi connectivity index (χ3v) is 2.95. The van der Waals surface area contributed by atoms with Crippen LogP contribution in [0.25, 0.3) is 0 Å². The summed E-state index contributed by atoms with van der Waals surface area (Å²) in [4.78, 5) is 10.5. The number of hydrogen-bond acceptors (Lipinski definition) is 4.